The second-order valence-corrected chi connectivity index (χ2v) is 10.7. The van der Waals surface area contributed by atoms with Gasteiger partial charge >= 0.3 is 5.97 Å². The number of rotatable bonds is 9. The number of benzene rings is 3. The zero-order valence-electron chi connectivity index (χ0n) is 20.8. The maximum Gasteiger partial charge on any atom is 0.310 e. The molecule has 0 saturated carbocycles. The Morgan fingerprint density at radius 2 is 1.55 bits per heavy atom. The van der Waals surface area contributed by atoms with Crippen molar-refractivity contribution in [3.63, 3.8) is 0 Å². The number of pyridine rings is 1. The van der Waals surface area contributed by atoms with E-state index >= 15 is 0 Å². The maximum atomic E-state index is 13.7. The molecule has 5 aromatic rings. The third kappa shape index (κ3) is 6.34. The lowest BCUT2D eigenvalue weighted by molar-refractivity contribution is -0.598. The van der Waals surface area contributed by atoms with Crippen molar-refractivity contribution in [3.05, 3.63) is 125 Å². The number of nitrogens with zero attached hydrogens (tertiary/aromatic N) is 1. The molecule has 7 heteroatoms. The highest BCUT2D eigenvalue weighted by molar-refractivity contribution is 8.00. The van der Waals surface area contributed by atoms with Gasteiger partial charge in [0.05, 0.1) is 23.5 Å². The number of thioether (sulfide) groups is 1. The summed E-state index contributed by atoms with van der Waals surface area (Å²) in [4.78, 5) is 26.9. The summed E-state index contributed by atoms with van der Waals surface area (Å²) in [6.07, 6.45) is 3.94. The van der Waals surface area contributed by atoms with Crippen LogP contribution in [0.3, 0.4) is 0 Å². The van der Waals surface area contributed by atoms with Crippen LogP contribution in [0.15, 0.2) is 108 Å². The predicted octanol–water partition coefficient (Wildman–Crippen LogP) is 3.81. The van der Waals surface area contributed by atoms with E-state index in [0.29, 0.717) is 22.6 Å². The van der Waals surface area contributed by atoms with E-state index in [-0.39, 0.29) is 42.2 Å². The summed E-state index contributed by atoms with van der Waals surface area (Å²) in [7, 11) is 0. The standard InChI is InChI=1S/C31H26NO3S2.HI/c1-2-35-27(33)20-26-28(32-17-9-4-10-18-32)31(37-30(26)29(34)24-12-5-3-6-13-24)36-21-22-15-16-23-11-7-8-14-25(23)19-22;/h3-19H,2,20-21H2,1H3;1H/q+1;/p-1. The van der Waals surface area contributed by atoms with Gasteiger partial charge in [-0.2, -0.15) is 4.57 Å². The Morgan fingerprint density at radius 1 is 0.868 bits per heavy atom. The van der Waals surface area contributed by atoms with Crippen LogP contribution in [0.25, 0.3) is 16.5 Å². The minimum absolute atomic E-state index is 0. The van der Waals surface area contributed by atoms with Crippen LogP contribution in [0.4, 0.5) is 0 Å². The molecule has 0 saturated heterocycles. The van der Waals surface area contributed by atoms with Crippen molar-refractivity contribution < 1.29 is 42.9 Å². The number of hydrogen-bond donors (Lipinski definition) is 0. The zero-order chi connectivity index (χ0) is 25.6. The lowest BCUT2D eigenvalue weighted by Crippen LogP contribution is -3.00. The molecule has 2 heterocycles. The fourth-order valence-corrected chi connectivity index (χ4v) is 6.76. The fraction of sp³-hybridized carbons (Fsp3) is 0.129. The Morgan fingerprint density at radius 3 is 2.29 bits per heavy atom. The summed E-state index contributed by atoms with van der Waals surface area (Å²) in [6.45, 7) is 2.08. The first-order valence-electron chi connectivity index (χ1n) is 12.1. The van der Waals surface area contributed by atoms with Crippen LogP contribution >= 0.6 is 23.1 Å². The molecule has 0 N–H and O–H groups in total. The highest BCUT2D eigenvalue weighted by atomic mass is 127. The van der Waals surface area contributed by atoms with Gasteiger partial charge in [0.2, 0.25) is 11.5 Å². The molecule has 0 fully saturated rings. The van der Waals surface area contributed by atoms with Crippen LogP contribution in [0.1, 0.15) is 33.3 Å². The largest absolute Gasteiger partial charge is 1.00 e. The van der Waals surface area contributed by atoms with Crippen molar-refractivity contribution in [2.24, 2.45) is 0 Å². The summed E-state index contributed by atoms with van der Waals surface area (Å²) in [5, 5.41) is 2.41. The number of ether oxygens (including phenoxy) is 1. The molecule has 38 heavy (non-hydrogen) atoms. The van der Waals surface area contributed by atoms with E-state index in [9.17, 15) is 9.59 Å². The molecule has 0 bridgehead atoms. The maximum absolute atomic E-state index is 13.7. The number of halogens is 1. The van der Waals surface area contributed by atoms with Crippen LogP contribution in [0.5, 0.6) is 0 Å². The van der Waals surface area contributed by atoms with Gasteiger partial charge in [-0.25, -0.2) is 0 Å². The van der Waals surface area contributed by atoms with Crippen LogP contribution in [-0.4, -0.2) is 18.4 Å². The number of thiophene rings is 1. The van der Waals surface area contributed by atoms with Gasteiger partial charge < -0.3 is 28.7 Å². The van der Waals surface area contributed by atoms with Crippen molar-refractivity contribution >= 4 is 45.6 Å². The molecule has 0 amide bonds. The average molecular weight is 652 g/mol. The van der Waals surface area contributed by atoms with Gasteiger partial charge in [-0.15, -0.1) is 23.1 Å². The van der Waals surface area contributed by atoms with E-state index in [1.54, 1.807) is 18.7 Å². The molecular formula is C31H26INO3S2. The van der Waals surface area contributed by atoms with Gasteiger partial charge in [0.15, 0.2) is 12.4 Å². The number of esters is 1. The summed E-state index contributed by atoms with van der Waals surface area (Å²) in [5.74, 6) is 0.315. The van der Waals surface area contributed by atoms with Crippen molar-refractivity contribution in [3.8, 4) is 5.69 Å². The second-order valence-electron chi connectivity index (χ2n) is 8.48. The highest BCUT2D eigenvalue weighted by Gasteiger charge is 2.31. The van der Waals surface area contributed by atoms with Crippen LogP contribution in [0.2, 0.25) is 0 Å². The van der Waals surface area contributed by atoms with Gasteiger partial charge in [0, 0.05) is 23.4 Å². The molecule has 0 aliphatic rings. The molecule has 192 valence electrons. The molecule has 0 aliphatic carbocycles. The summed E-state index contributed by atoms with van der Waals surface area (Å²) >= 11 is 3.14. The number of fused-ring (bicyclic) bond motifs is 1. The molecule has 2 aromatic heterocycles. The Labute approximate surface area is 247 Å². The van der Waals surface area contributed by atoms with Crippen LogP contribution < -0.4 is 28.5 Å². The minimum atomic E-state index is -0.341. The molecule has 0 unspecified atom stereocenters. The van der Waals surface area contributed by atoms with E-state index in [0.717, 1.165) is 15.6 Å². The van der Waals surface area contributed by atoms with E-state index in [1.165, 1.54) is 27.7 Å². The first-order valence-corrected chi connectivity index (χ1v) is 13.9. The molecule has 3 aromatic carbocycles. The topological polar surface area (TPSA) is 47.3 Å². The first kappa shape index (κ1) is 28.0. The number of aromatic nitrogens is 1. The Hall–Kier alpha value is -3.01. The lowest BCUT2D eigenvalue weighted by Gasteiger charge is -2.06. The van der Waals surface area contributed by atoms with Crippen LogP contribution in [0, 0.1) is 0 Å². The van der Waals surface area contributed by atoms with Crippen LogP contribution in [-0.2, 0) is 21.7 Å². The van der Waals surface area contributed by atoms with Gasteiger partial charge in [0.25, 0.3) is 0 Å². The molecule has 5 rings (SSSR count). The average Bonchev–Trinajstić information content (AvgIpc) is 3.30. The molecule has 0 aliphatic heterocycles. The van der Waals surface area contributed by atoms with Gasteiger partial charge in [-0.05, 0) is 23.3 Å². The van der Waals surface area contributed by atoms with E-state index in [2.05, 4.69) is 30.3 Å². The summed E-state index contributed by atoms with van der Waals surface area (Å²) in [6, 6.07) is 29.9. The summed E-state index contributed by atoms with van der Waals surface area (Å²) in [5.41, 5.74) is 3.37. The molecular weight excluding hydrogens is 625 g/mol. The lowest BCUT2D eigenvalue weighted by atomic mass is 10.0. The van der Waals surface area contributed by atoms with Gasteiger partial charge in [-0.3, -0.25) is 9.59 Å². The Bertz CT molecular complexity index is 1550. The van der Waals surface area contributed by atoms with Gasteiger partial charge in [-0.1, -0.05) is 78.9 Å². The molecule has 0 radical (unpaired) electrons. The van der Waals surface area contributed by atoms with Crippen molar-refractivity contribution in [2.45, 2.75) is 23.3 Å². The third-order valence-electron chi connectivity index (χ3n) is 5.97. The molecule has 4 nitrogen and oxygen atoms in total. The highest BCUT2D eigenvalue weighted by Crippen LogP contribution is 2.40. The SMILES string of the molecule is CCOC(=O)Cc1c(C(=O)c2ccccc2)sc(SCc2ccc3ccccc3c2)c1-[n+]1ccccc1.[I-]. The quantitative estimate of drug-likeness (QED) is 0.0801. The Kier molecular flexibility index (Phi) is 9.71. The monoisotopic (exact) mass is 651 g/mol. The van der Waals surface area contributed by atoms with E-state index in [1.807, 2.05) is 77.6 Å². The second kappa shape index (κ2) is 13.2. The molecule has 0 spiro atoms. The number of hydrogen-bond acceptors (Lipinski definition) is 5. The predicted molar refractivity (Wildman–Crippen MR) is 150 cm³/mol. The van der Waals surface area contributed by atoms with Crippen molar-refractivity contribution in [2.75, 3.05) is 6.61 Å². The number of ketones is 1. The van der Waals surface area contributed by atoms with E-state index < -0.39 is 0 Å². The van der Waals surface area contributed by atoms with E-state index in [4.69, 9.17) is 4.74 Å². The zero-order valence-corrected chi connectivity index (χ0v) is 24.6. The minimum Gasteiger partial charge on any atom is -1.00 e. The summed E-state index contributed by atoms with van der Waals surface area (Å²) < 4.78 is 8.28. The first-order chi connectivity index (χ1) is 18.1. The Balaban J connectivity index is 0.00000336. The fourth-order valence-electron chi connectivity index (χ4n) is 4.24. The molecule has 0 atom stereocenters. The smallest absolute Gasteiger partial charge is 0.310 e. The number of carbonyl (C=O) groups excluding carboxylic acids is 2. The number of carbonyl (C=O) groups is 2. The van der Waals surface area contributed by atoms with Crippen molar-refractivity contribution in [1.29, 1.82) is 0 Å². The third-order valence-corrected chi connectivity index (χ3v) is 8.53. The van der Waals surface area contributed by atoms with Crippen molar-refractivity contribution in [1.82, 2.24) is 0 Å². The van der Waals surface area contributed by atoms with Gasteiger partial charge in [0.1, 0.15) is 4.21 Å². The normalized spacial score (nSPS) is 10.7.